The summed E-state index contributed by atoms with van der Waals surface area (Å²) in [4.78, 5) is 52.1. The second-order valence-corrected chi connectivity index (χ2v) is 13.0. The van der Waals surface area contributed by atoms with Gasteiger partial charge in [0.2, 0.25) is 12.7 Å². The molecule has 0 amide bonds. The number of hydrogen-bond donors (Lipinski definition) is 0. The summed E-state index contributed by atoms with van der Waals surface area (Å²) in [6.45, 7) is -0.733. The number of carbonyl (C=O) groups is 4. The van der Waals surface area contributed by atoms with E-state index in [0.29, 0.717) is 0 Å². The van der Waals surface area contributed by atoms with E-state index in [4.69, 9.17) is 23.7 Å². The van der Waals surface area contributed by atoms with E-state index in [9.17, 15) is 44.4 Å². The monoisotopic (exact) mass is 762 g/mol. The first-order valence-electron chi connectivity index (χ1n) is 15.0. The van der Waals surface area contributed by atoms with Crippen molar-refractivity contribution in [3.05, 3.63) is 126 Å². The molecule has 11 nitrogen and oxygen atoms in total. The van der Waals surface area contributed by atoms with Crippen molar-refractivity contribution in [1.82, 2.24) is 4.57 Å². The molecule has 0 radical (unpaired) electrons. The van der Waals surface area contributed by atoms with E-state index < -0.39 is 69.1 Å². The molecule has 0 spiro atoms. The number of alkyl halides is 1. The van der Waals surface area contributed by atoms with Crippen LogP contribution in [0.15, 0.2) is 110 Å². The van der Waals surface area contributed by atoms with Gasteiger partial charge >= 0.3 is 56.9 Å². The van der Waals surface area contributed by atoms with Crippen LogP contribution in [0.5, 0.6) is 0 Å². The van der Waals surface area contributed by atoms with Crippen LogP contribution in [0.4, 0.5) is 29.6 Å². The third-order valence-corrected chi connectivity index (χ3v) is 6.88. The summed E-state index contributed by atoms with van der Waals surface area (Å²) in [5.74, 6) is -3.36. The average molecular weight is 763 g/mol. The standard InChI is InChI=1S/C33H30FN2O9.F6P/c1-35-17-18-36(21-35)19-26(37)41-20-25-27(43-31(38)22-11-5-2-6-12-22)28(44-32(39)23-13-7-3-8-14-23)29(30(34)42-25)45-33(40)24-15-9-4-10-16-24;1-7(2,3,4,5)6/h2-18,21,25,27-30H,19-20H2,1H3;/q+1;-1. The van der Waals surface area contributed by atoms with E-state index in [-0.39, 0.29) is 23.2 Å². The van der Waals surface area contributed by atoms with Gasteiger partial charge in [-0.2, -0.15) is 0 Å². The minimum absolute atomic E-state index is 0.102. The van der Waals surface area contributed by atoms with E-state index in [2.05, 4.69) is 0 Å². The summed E-state index contributed by atoms with van der Waals surface area (Å²) < 4.78 is 106. The molecule has 0 N–H and O–H groups in total. The molecular weight excluding hydrogens is 732 g/mol. The molecular formula is C33H30F7N2O9P. The van der Waals surface area contributed by atoms with E-state index >= 15 is 4.39 Å². The molecule has 3 aromatic carbocycles. The van der Waals surface area contributed by atoms with E-state index in [1.807, 2.05) is 0 Å². The van der Waals surface area contributed by atoms with Crippen LogP contribution in [0.25, 0.3) is 0 Å². The summed E-state index contributed by atoms with van der Waals surface area (Å²) in [5, 5.41) is 0. The normalized spacial score (nSPS) is 21.2. The number of carbonyl (C=O) groups excluding carboxylic acids is 4. The van der Waals surface area contributed by atoms with Crippen molar-refractivity contribution in [3.63, 3.8) is 0 Å². The second-order valence-electron chi connectivity index (χ2n) is 11.1. The predicted molar refractivity (Wildman–Crippen MR) is 167 cm³/mol. The quantitative estimate of drug-likeness (QED) is 0.0578. The molecule has 0 bridgehead atoms. The Bertz CT molecular complexity index is 1840. The van der Waals surface area contributed by atoms with Gasteiger partial charge < -0.3 is 23.7 Å². The topological polar surface area (TPSA) is 123 Å². The molecule has 1 saturated heterocycles. The van der Waals surface area contributed by atoms with Crippen LogP contribution in [-0.4, -0.2) is 65.8 Å². The van der Waals surface area contributed by atoms with Crippen molar-refractivity contribution in [2.75, 3.05) is 6.61 Å². The van der Waals surface area contributed by atoms with Crippen LogP contribution in [0.1, 0.15) is 31.1 Å². The van der Waals surface area contributed by atoms with Gasteiger partial charge in [0.1, 0.15) is 25.1 Å². The molecule has 2 heterocycles. The van der Waals surface area contributed by atoms with Crippen molar-refractivity contribution in [2.45, 2.75) is 37.3 Å². The van der Waals surface area contributed by atoms with Gasteiger partial charge in [0.25, 0.3) is 0 Å². The molecule has 5 atom stereocenters. The minimum atomic E-state index is -10.7. The van der Waals surface area contributed by atoms with Crippen LogP contribution >= 0.6 is 7.81 Å². The zero-order valence-corrected chi connectivity index (χ0v) is 27.7. The van der Waals surface area contributed by atoms with Crippen LogP contribution in [0.2, 0.25) is 0 Å². The third-order valence-electron chi connectivity index (χ3n) is 6.88. The Balaban J connectivity index is 0.000000785. The molecule has 1 fully saturated rings. The number of aryl methyl sites for hydroxylation is 1. The van der Waals surface area contributed by atoms with E-state index in [1.165, 1.54) is 36.4 Å². The maximum atomic E-state index is 15.8. The first kappa shape index (κ1) is 39.4. The predicted octanol–water partition coefficient (Wildman–Crippen LogP) is 6.61. The molecule has 1 aliphatic heterocycles. The van der Waals surface area contributed by atoms with Gasteiger partial charge in [0, 0.05) is 0 Å². The van der Waals surface area contributed by atoms with E-state index in [1.54, 1.807) is 89.5 Å². The first-order valence-corrected chi connectivity index (χ1v) is 17.1. The number of ether oxygens (including phenoxy) is 5. The van der Waals surface area contributed by atoms with Crippen LogP contribution in [-0.2, 0) is 42.1 Å². The van der Waals surface area contributed by atoms with Gasteiger partial charge in [0.05, 0.1) is 23.7 Å². The molecule has 5 rings (SSSR count). The maximum absolute atomic E-state index is 15.8. The van der Waals surface area contributed by atoms with Gasteiger partial charge in [-0.25, -0.2) is 32.7 Å². The van der Waals surface area contributed by atoms with Gasteiger partial charge in [-0.05, 0) is 36.4 Å². The molecule has 5 unspecified atom stereocenters. The Hall–Kier alpha value is -5.35. The molecule has 52 heavy (non-hydrogen) atoms. The summed E-state index contributed by atoms with van der Waals surface area (Å²) in [6, 6.07) is 23.6. The molecule has 1 aromatic heterocycles. The molecule has 1 aliphatic rings. The number of benzene rings is 3. The van der Waals surface area contributed by atoms with Gasteiger partial charge in [-0.1, -0.05) is 54.6 Å². The third kappa shape index (κ3) is 13.1. The van der Waals surface area contributed by atoms with Crippen LogP contribution < -0.4 is 4.57 Å². The Kier molecular flexibility index (Phi) is 11.7. The zero-order valence-electron chi connectivity index (χ0n) is 26.9. The fourth-order valence-electron chi connectivity index (χ4n) is 4.66. The average Bonchev–Trinajstić information content (AvgIpc) is 3.50. The van der Waals surface area contributed by atoms with Crippen molar-refractivity contribution in [1.29, 1.82) is 0 Å². The molecule has 280 valence electrons. The van der Waals surface area contributed by atoms with Gasteiger partial charge in [0.15, 0.2) is 24.9 Å². The molecule has 19 heteroatoms. The summed E-state index contributed by atoms with van der Waals surface area (Å²) >= 11 is 0. The number of imidazole rings is 1. The van der Waals surface area contributed by atoms with Crippen molar-refractivity contribution in [2.24, 2.45) is 7.05 Å². The number of halogens is 7. The Morgan fingerprint density at radius 2 is 1.10 bits per heavy atom. The fraction of sp³-hybridized carbons (Fsp3) is 0.242. The Morgan fingerprint density at radius 1 is 0.692 bits per heavy atom. The number of hydrogen-bond acceptors (Lipinski definition) is 9. The number of aromatic nitrogens is 2. The molecule has 0 saturated carbocycles. The Labute approximate surface area is 290 Å². The number of nitrogens with zero attached hydrogens (tertiary/aromatic N) is 2. The molecule has 0 aliphatic carbocycles. The fourth-order valence-corrected chi connectivity index (χ4v) is 4.66. The van der Waals surface area contributed by atoms with E-state index in [0.717, 1.165) is 0 Å². The Morgan fingerprint density at radius 3 is 1.50 bits per heavy atom. The van der Waals surface area contributed by atoms with Crippen molar-refractivity contribution in [3.8, 4) is 0 Å². The van der Waals surface area contributed by atoms with Crippen molar-refractivity contribution < 1.29 is 77.0 Å². The number of esters is 4. The van der Waals surface area contributed by atoms with Gasteiger partial charge in [-0.3, -0.25) is 0 Å². The second kappa shape index (κ2) is 15.5. The van der Waals surface area contributed by atoms with Crippen LogP contribution in [0.3, 0.4) is 0 Å². The van der Waals surface area contributed by atoms with Crippen LogP contribution in [0, 0.1) is 0 Å². The number of rotatable bonds is 10. The summed E-state index contributed by atoms with van der Waals surface area (Å²) in [7, 11) is -8.88. The van der Waals surface area contributed by atoms with Crippen molar-refractivity contribution >= 4 is 31.7 Å². The summed E-state index contributed by atoms with van der Waals surface area (Å²) in [5.41, 5.74) is 0.357. The SMILES string of the molecule is C[n+]1ccn(CC(=O)OCC2OC(F)C(OC(=O)c3ccccc3)C(OC(=O)c3ccccc3)C2OC(=O)c2ccccc2)c1.F[P-](F)(F)(F)(F)F. The molecule has 4 aromatic rings. The van der Waals surface area contributed by atoms with Gasteiger partial charge in [-0.15, -0.1) is 0 Å². The first-order chi connectivity index (χ1) is 24.2. The zero-order chi connectivity index (χ0) is 38.2. The summed E-state index contributed by atoms with van der Waals surface area (Å²) in [6.07, 6.45) is -3.88.